The van der Waals surface area contributed by atoms with E-state index in [4.69, 9.17) is 0 Å². The molecule has 0 amide bonds. The van der Waals surface area contributed by atoms with Crippen LogP contribution in [0.5, 0.6) is 0 Å². The first-order valence-electron chi connectivity index (χ1n) is 19.4. The van der Waals surface area contributed by atoms with Gasteiger partial charge in [0.2, 0.25) is 0 Å². The van der Waals surface area contributed by atoms with Crippen LogP contribution in [0.1, 0.15) is 50.1 Å². The maximum absolute atomic E-state index is 14.2. The summed E-state index contributed by atoms with van der Waals surface area (Å²) in [6.07, 6.45) is -50.2. The third kappa shape index (κ3) is 13.1. The van der Waals surface area contributed by atoms with Gasteiger partial charge in [-0.2, -0.15) is 127 Å². The average Bonchev–Trinajstić information content (AvgIpc) is 3.21. The van der Waals surface area contributed by atoms with Gasteiger partial charge in [-0.3, -0.25) is 0 Å². The first kappa shape index (κ1) is 56.2. The predicted octanol–water partition coefficient (Wildman–Crippen LogP) is 14.4. The maximum atomic E-state index is 14.2. The Morgan fingerprint density at radius 3 is 0.732 bits per heavy atom. The molecule has 6 aromatic rings. The Balaban J connectivity index is 0.000000569. The molecule has 26 heteroatoms. The van der Waals surface area contributed by atoms with Crippen LogP contribution < -0.4 is 21.9 Å². The van der Waals surface area contributed by atoms with Crippen molar-refractivity contribution in [2.45, 2.75) is 55.2 Å². The summed E-state index contributed by atoms with van der Waals surface area (Å²) in [6, 6.07) is 6.50. The molecular weight excluding hydrogens is 1040 g/mol. The summed E-state index contributed by atoms with van der Waals surface area (Å²) in [7, 11) is 0.491. The van der Waals surface area contributed by atoms with Gasteiger partial charge in [-0.05, 0) is 52.0 Å². The lowest BCUT2D eigenvalue weighted by Crippen LogP contribution is -2.75. The van der Waals surface area contributed by atoms with Gasteiger partial charge < -0.3 is 0 Å². The Hall–Kier alpha value is -5.69. The molecule has 0 N–H and O–H groups in total. The maximum Gasteiger partial charge on any atom is 0.416 e. The zero-order valence-electron chi connectivity index (χ0n) is 35.2. The standard InChI is InChI=1S/C32H12BF24.C13H15S/c34-25(35,36)13-1-14(26(37,38)39)6-21(5-13)33(22-7-15(27(40,41)42)2-16(8-22)28(43,44)45,23-9-17(29(46,47)48)3-18(10-23)30(49,50)51)24-11-19(31(52,53)54)4-20(12-24)32(55,56)57;1-14(2)10-11-7-8-12-5-3-4-6-13(12)9-11/h1-12H;3-9H,10H2,1-2H3/q-1;+1. The van der Waals surface area contributed by atoms with Crippen LogP contribution >= 0.6 is 0 Å². The Morgan fingerprint density at radius 2 is 0.521 bits per heavy atom. The average molecular weight is 1070 g/mol. The van der Waals surface area contributed by atoms with E-state index in [1.165, 1.54) is 22.1 Å². The molecule has 0 bridgehead atoms. The van der Waals surface area contributed by atoms with Crippen molar-refractivity contribution in [2.75, 3.05) is 12.5 Å². The van der Waals surface area contributed by atoms with E-state index in [0.717, 1.165) is 0 Å². The van der Waals surface area contributed by atoms with Crippen molar-refractivity contribution in [3.05, 3.63) is 165 Å². The van der Waals surface area contributed by atoms with E-state index in [1.807, 2.05) is 0 Å². The molecule has 0 fully saturated rings. The zero-order valence-corrected chi connectivity index (χ0v) is 36.1. The lowest BCUT2D eigenvalue weighted by atomic mass is 9.12. The normalized spacial score (nSPS) is 13.7. The summed E-state index contributed by atoms with van der Waals surface area (Å²) in [4.78, 5) is 0. The predicted molar refractivity (Wildman–Crippen MR) is 217 cm³/mol. The van der Waals surface area contributed by atoms with Gasteiger partial charge in [-0.15, -0.1) is 0 Å². The molecule has 384 valence electrons. The van der Waals surface area contributed by atoms with E-state index in [9.17, 15) is 105 Å². The molecule has 0 spiro atoms. The van der Waals surface area contributed by atoms with E-state index < -0.39 is 195 Å². The summed E-state index contributed by atoms with van der Waals surface area (Å²) in [5, 5.41) is 2.69. The number of fused-ring (bicyclic) bond motifs is 1. The van der Waals surface area contributed by atoms with Gasteiger partial charge in [0.05, 0.1) is 57.0 Å². The van der Waals surface area contributed by atoms with E-state index >= 15 is 0 Å². The van der Waals surface area contributed by atoms with Gasteiger partial charge in [-0.25, -0.2) is 0 Å². The van der Waals surface area contributed by atoms with E-state index in [0.29, 0.717) is 10.9 Å². The zero-order chi connectivity index (χ0) is 53.9. The first-order chi connectivity index (χ1) is 32.0. The number of hydrogen-bond donors (Lipinski definition) is 0. The quantitative estimate of drug-likeness (QED) is 0.0886. The van der Waals surface area contributed by atoms with E-state index in [-0.39, 0.29) is 0 Å². The minimum Gasteiger partial charge on any atom is -0.194 e. The molecule has 0 heterocycles. The van der Waals surface area contributed by atoms with E-state index in [1.54, 1.807) is 0 Å². The summed E-state index contributed by atoms with van der Waals surface area (Å²) in [5.41, 5.74) is -28.7. The molecular formula is C45H27BF24S. The van der Waals surface area contributed by atoms with Crippen molar-refractivity contribution >= 4 is 49.7 Å². The van der Waals surface area contributed by atoms with Gasteiger partial charge in [0.1, 0.15) is 11.9 Å². The Morgan fingerprint density at radius 1 is 0.296 bits per heavy atom. The van der Waals surface area contributed by atoms with Crippen LogP contribution in [-0.2, 0) is 66.1 Å². The van der Waals surface area contributed by atoms with Crippen molar-refractivity contribution in [1.82, 2.24) is 0 Å². The molecule has 0 saturated carbocycles. The molecule has 0 nitrogen and oxygen atoms in total. The van der Waals surface area contributed by atoms with Crippen LogP contribution in [0.2, 0.25) is 0 Å². The van der Waals surface area contributed by atoms with Crippen LogP contribution in [0.3, 0.4) is 0 Å². The minimum atomic E-state index is -6.13. The van der Waals surface area contributed by atoms with Crippen molar-refractivity contribution in [3.8, 4) is 0 Å². The van der Waals surface area contributed by atoms with E-state index in [2.05, 4.69) is 55.0 Å². The molecule has 0 aromatic heterocycles. The van der Waals surface area contributed by atoms with Gasteiger partial charge in [-0.1, -0.05) is 84.9 Å². The summed E-state index contributed by atoms with van der Waals surface area (Å²) in [6.45, 7) is 0. The molecule has 6 aromatic carbocycles. The van der Waals surface area contributed by atoms with Crippen molar-refractivity contribution in [3.63, 3.8) is 0 Å². The first-order valence-corrected chi connectivity index (χ1v) is 21.6. The molecule has 0 aliphatic heterocycles. The Labute approximate surface area is 387 Å². The fourth-order valence-electron chi connectivity index (χ4n) is 7.73. The third-order valence-electron chi connectivity index (χ3n) is 10.7. The van der Waals surface area contributed by atoms with Crippen molar-refractivity contribution < 1.29 is 105 Å². The van der Waals surface area contributed by atoms with Crippen LogP contribution in [0.15, 0.2) is 115 Å². The smallest absolute Gasteiger partial charge is 0.194 e. The highest BCUT2D eigenvalue weighted by Crippen LogP contribution is 2.41. The van der Waals surface area contributed by atoms with Crippen LogP contribution in [0.25, 0.3) is 10.8 Å². The van der Waals surface area contributed by atoms with Gasteiger partial charge in [0.15, 0.2) is 0 Å². The highest BCUT2D eigenvalue weighted by Gasteiger charge is 2.47. The molecule has 0 aliphatic carbocycles. The largest absolute Gasteiger partial charge is 0.416 e. The van der Waals surface area contributed by atoms with Crippen LogP contribution in [-0.4, -0.2) is 18.7 Å². The number of hydrogen-bond acceptors (Lipinski definition) is 0. The van der Waals surface area contributed by atoms with Crippen LogP contribution in [0.4, 0.5) is 105 Å². The second-order valence-electron chi connectivity index (χ2n) is 16.0. The summed E-state index contributed by atoms with van der Waals surface area (Å²) >= 11 is 0. The van der Waals surface area contributed by atoms with Crippen LogP contribution in [0, 0.1) is 0 Å². The highest BCUT2D eigenvalue weighted by atomic mass is 32.2. The molecule has 6 rings (SSSR count). The topological polar surface area (TPSA) is 0 Å². The van der Waals surface area contributed by atoms with Crippen molar-refractivity contribution in [2.24, 2.45) is 0 Å². The minimum absolute atomic E-state index is 0.491. The lowest BCUT2D eigenvalue weighted by Gasteiger charge is -2.46. The van der Waals surface area contributed by atoms with Gasteiger partial charge in [0.25, 0.3) is 0 Å². The second-order valence-corrected chi connectivity index (χ2v) is 18.3. The highest BCUT2D eigenvalue weighted by molar-refractivity contribution is 7.94. The van der Waals surface area contributed by atoms with Crippen molar-refractivity contribution in [1.29, 1.82) is 0 Å². The SMILES string of the molecule is C[S+](C)Cc1ccc2ccccc2c1.FC(F)(F)c1cc([B-](c2cc(C(F)(F)F)cc(C(F)(F)F)c2)(c2cc(C(F)(F)F)cc(C(F)(F)F)c2)c2cc(C(F)(F)F)cc(C(F)(F)F)c2)cc(C(F)(F)F)c1. The molecule has 0 saturated heterocycles. The number of halogens is 24. The number of benzene rings is 6. The summed E-state index contributed by atoms with van der Waals surface area (Å²) in [5.74, 6) is 1.20. The molecule has 0 unspecified atom stereocenters. The lowest BCUT2D eigenvalue weighted by molar-refractivity contribution is -0.144. The second kappa shape index (κ2) is 19.1. The number of alkyl halides is 24. The van der Waals surface area contributed by atoms with Gasteiger partial charge >= 0.3 is 49.4 Å². The third-order valence-corrected chi connectivity index (χ3v) is 11.6. The Kier molecular flexibility index (Phi) is 15.1. The Bertz CT molecular complexity index is 2440. The number of rotatable bonds is 6. The molecule has 0 aliphatic rings. The molecule has 0 atom stereocenters. The van der Waals surface area contributed by atoms with Gasteiger partial charge in [0, 0.05) is 5.56 Å². The molecule has 71 heavy (non-hydrogen) atoms. The monoisotopic (exact) mass is 1070 g/mol. The summed E-state index contributed by atoms with van der Waals surface area (Å²) < 4.78 is 341. The molecule has 0 radical (unpaired) electrons. The fraction of sp³-hybridized carbons (Fsp3) is 0.244. The fourth-order valence-corrected chi connectivity index (χ4v) is 8.58.